The highest BCUT2D eigenvalue weighted by atomic mass is 79.9. The fourth-order valence-corrected chi connectivity index (χ4v) is 2.51. The van der Waals surface area contributed by atoms with E-state index in [1.165, 1.54) is 6.20 Å². The molecular weight excluding hydrogens is 405 g/mol. The molecule has 23 heavy (non-hydrogen) atoms. The molecule has 0 bridgehead atoms. The SMILES string of the molecule is O=C(NCCNC(=O)c1cc(Br)cnc1Cl)c1ccccc1Cl. The van der Waals surface area contributed by atoms with Crippen molar-refractivity contribution < 1.29 is 9.59 Å². The summed E-state index contributed by atoms with van der Waals surface area (Å²) < 4.78 is 0.652. The molecule has 1 aromatic heterocycles. The van der Waals surface area contributed by atoms with Crippen molar-refractivity contribution in [1.29, 1.82) is 0 Å². The molecule has 0 spiro atoms. The van der Waals surface area contributed by atoms with Crippen molar-refractivity contribution in [2.24, 2.45) is 0 Å². The smallest absolute Gasteiger partial charge is 0.254 e. The van der Waals surface area contributed by atoms with Crippen LogP contribution in [0.4, 0.5) is 0 Å². The van der Waals surface area contributed by atoms with Crippen molar-refractivity contribution in [2.45, 2.75) is 0 Å². The molecule has 0 radical (unpaired) electrons. The van der Waals surface area contributed by atoms with Gasteiger partial charge in [-0.05, 0) is 34.1 Å². The van der Waals surface area contributed by atoms with Gasteiger partial charge in [0.2, 0.25) is 0 Å². The van der Waals surface area contributed by atoms with Gasteiger partial charge in [0.05, 0.1) is 16.1 Å². The number of nitrogens with zero attached hydrogens (tertiary/aromatic N) is 1. The largest absolute Gasteiger partial charge is 0.350 e. The molecule has 1 aromatic carbocycles. The average molecular weight is 417 g/mol. The quantitative estimate of drug-likeness (QED) is 0.580. The summed E-state index contributed by atoms with van der Waals surface area (Å²) in [7, 11) is 0. The van der Waals surface area contributed by atoms with Gasteiger partial charge in [0.1, 0.15) is 5.15 Å². The zero-order valence-electron chi connectivity index (χ0n) is 11.8. The maximum Gasteiger partial charge on any atom is 0.254 e. The summed E-state index contributed by atoms with van der Waals surface area (Å²) in [5.41, 5.74) is 0.651. The molecule has 5 nitrogen and oxygen atoms in total. The predicted molar refractivity (Wildman–Crippen MR) is 93.1 cm³/mol. The summed E-state index contributed by atoms with van der Waals surface area (Å²) in [6.45, 7) is 0.507. The molecule has 120 valence electrons. The van der Waals surface area contributed by atoms with E-state index in [9.17, 15) is 9.59 Å². The van der Waals surface area contributed by atoms with Crippen LogP contribution in [0.15, 0.2) is 41.0 Å². The lowest BCUT2D eigenvalue weighted by molar-refractivity contribution is 0.0927. The van der Waals surface area contributed by atoms with Gasteiger partial charge in [0, 0.05) is 23.8 Å². The minimum atomic E-state index is -0.365. The van der Waals surface area contributed by atoms with Crippen LogP contribution < -0.4 is 10.6 Å². The number of amides is 2. The van der Waals surface area contributed by atoms with Crippen LogP contribution in [0.2, 0.25) is 10.2 Å². The van der Waals surface area contributed by atoms with Crippen molar-refractivity contribution in [1.82, 2.24) is 15.6 Å². The molecule has 0 aliphatic rings. The second-order valence-electron chi connectivity index (χ2n) is 4.48. The summed E-state index contributed by atoms with van der Waals surface area (Å²) in [5.74, 6) is -0.664. The topological polar surface area (TPSA) is 71.1 Å². The Balaban J connectivity index is 1.83. The van der Waals surface area contributed by atoms with Gasteiger partial charge >= 0.3 is 0 Å². The molecule has 2 rings (SSSR count). The molecule has 2 N–H and O–H groups in total. The van der Waals surface area contributed by atoms with Crippen molar-refractivity contribution in [3.8, 4) is 0 Å². The van der Waals surface area contributed by atoms with E-state index < -0.39 is 0 Å². The molecule has 0 unspecified atom stereocenters. The molecule has 0 atom stereocenters. The standard InChI is InChI=1S/C15H12BrCl2N3O2/c16-9-7-11(13(18)21-8-9)15(23)20-6-5-19-14(22)10-3-1-2-4-12(10)17/h1-4,7-8H,5-6H2,(H,19,22)(H,20,23). The Labute approximate surface area is 151 Å². The van der Waals surface area contributed by atoms with E-state index in [0.29, 0.717) is 15.1 Å². The van der Waals surface area contributed by atoms with Gasteiger partial charge in [-0.1, -0.05) is 35.3 Å². The van der Waals surface area contributed by atoms with Crippen LogP contribution in [0.1, 0.15) is 20.7 Å². The number of rotatable bonds is 5. The Hall–Kier alpha value is -1.63. The maximum absolute atomic E-state index is 12.0. The molecular formula is C15H12BrCl2N3O2. The van der Waals surface area contributed by atoms with Crippen LogP contribution in [0, 0.1) is 0 Å². The number of pyridine rings is 1. The molecule has 0 saturated heterocycles. The van der Waals surface area contributed by atoms with E-state index in [2.05, 4.69) is 31.5 Å². The van der Waals surface area contributed by atoms with Gasteiger partial charge in [-0.3, -0.25) is 9.59 Å². The predicted octanol–water partition coefficient (Wildman–Crippen LogP) is 3.31. The Morgan fingerprint density at radius 2 is 1.65 bits per heavy atom. The number of nitrogens with one attached hydrogen (secondary N) is 2. The van der Waals surface area contributed by atoms with Crippen LogP contribution in [0.5, 0.6) is 0 Å². The minimum absolute atomic E-state index is 0.116. The minimum Gasteiger partial charge on any atom is -0.350 e. The average Bonchev–Trinajstić information content (AvgIpc) is 2.53. The number of carbonyl (C=O) groups excluding carboxylic acids is 2. The van der Waals surface area contributed by atoms with Crippen molar-refractivity contribution in [3.63, 3.8) is 0 Å². The van der Waals surface area contributed by atoms with Crippen molar-refractivity contribution in [3.05, 3.63) is 62.3 Å². The lowest BCUT2D eigenvalue weighted by Gasteiger charge is -2.09. The third-order valence-corrected chi connectivity index (χ3v) is 3.93. The van der Waals surface area contributed by atoms with E-state index in [-0.39, 0.29) is 35.6 Å². The van der Waals surface area contributed by atoms with E-state index in [4.69, 9.17) is 23.2 Å². The molecule has 2 amide bonds. The zero-order valence-corrected chi connectivity index (χ0v) is 14.9. The number of carbonyl (C=O) groups is 2. The first-order chi connectivity index (χ1) is 11.0. The third kappa shape index (κ3) is 4.92. The van der Waals surface area contributed by atoms with Gasteiger partial charge in [0.15, 0.2) is 0 Å². The van der Waals surface area contributed by atoms with Crippen LogP contribution >= 0.6 is 39.1 Å². The number of hydrogen-bond donors (Lipinski definition) is 2. The molecule has 1 heterocycles. The fraction of sp³-hybridized carbons (Fsp3) is 0.133. The van der Waals surface area contributed by atoms with E-state index in [0.717, 1.165) is 0 Å². The fourth-order valence-electron chi connectivity index (χ4n) is 1.77. The molecule has 0 aliphatic carbocycles. The second kappa shape index (κ2) is 8.29. The Bertz CT molecular complexity index is 740. The first-order valence-electron chi connectivity index (χ1n) is 6.61. The third-order valence-electron chi connectivity index (χ3n) is 2.86. The van der Waals surface area contributed by atoms with Crippen molar-refractivity contribution >= 4 is 50.9 Å². The summed E-state index contributed by atoms with van der Waals surface area (Å²) in [6, 6.07) is 8.32. The van der Waals surface area contributed by atoms with Gasteiger partial charge in [-0.15, -0.1) is 0 Å². The molecule has 0 fully saturated rings. The van der Waals surface area contributed by atoms with E-state index >= 15 is 0 Å². The zero-order chi connectivity index (χ0) is 16.8. The lowest BCUT2D eigenvalue weighted by atomic mass is 10.2. The summed E-state index contributed by atoms with van der Waals surface area (Å²) in [5, 5.41) is 5.83. The summed E-state index contributed by atoms with van der Waals surface area (Å²) >= 11 is 15.0. The number of hydrogen-bond acceptors (Lipinski definition) is 3. The first-order valence-corrected chi connectivity index (χ1v) is 8.16. The second-order valence-corrected chi connectivity index (χ2v) is 6.16. The molecule has 0 aliphatic heterocycles. The Kier molecular flexibility index (Phi) is 6.38. The van der Waals surface area contributed by atoms with Gasteiger partial charge in [-0.2, -0.15) is 0 Å². The van der Waals surface area contributed by atoms with Crippen molar-refractivity contribution in [2.75, 3.05) is 13.1 Å². The van der Waals surface area contributed by atoms with Gasteiger partial charge in [-0.25, -0.2) is 4.98 Å². The monoisotopic (exact) mass is 415 g/mol. The normalized spacial score (nSPS) is 10.2. The van der Waals surface area contributed by atoms with Crippen LogP contribution in [-0.4, -0.2) is 29.9 Å². The highest BCUT2D eigenvalue weighted by Gasteiger charge is 2.12. The maximum atomic E-state index is 12.0. The summed E-state index contributed by atoms with van der Waals surface area (Å²) in [4.78, 5) is 27.8. The van der Waals surface area contributed by atoms with Crippen LogP contribution in [-0.2, 0) is 0 Å². The van der Waals surface area contributed by atoms with E-state index in [1.807, 2.05) is 0 Å². The highest BCUT2D eigenvalue weighted by molar-refractivity contribution is 9.10. The molecule has 2 aromatic rings. The van der Waals surface area contributed by atoms with Crippen LogP contribution in [0.25, 0.3) is 0 Å². The Morgan fingerprint density at radius 3 is 2.30 bits per heavy atom. The van der Waals surface area contributed by atoms with Gasteiger partial charge < -0.3 is 10.6 Å². The number of halogens is 3. The van der Waals surface area contributed by atoms with Crippen LogP contribution in [0.3, 0.4) is 0 Å². The van der Waals surface area contributed by atoms with E-state index in [1.54, 1.807) is 30.3 Å². The number of benzene rings is 1. The van der Waals surface area contributed by atoms with Gasteiger partial charge in [0.25, 0.3) is 11.8 Å². The Morgan fingerprint density at radius 1 is 1.04 bits per heavy atom. The summed E-state index contributed by atoms with van der Waals surface area (Å²) in [6.07, 6.45) is 1.50. The number of aromatic nitrogens is 1. The highest BCUT2D eigenvalue weighted by Crippen LogP contribution is 2.17. The molecule has 8 heteroatoms. The first kappa shape index (κ1) is 17.7. The lowest BCUT2D eigenvalue weighted by Crippen LogP contribution is -2.35. The molecule has 0 saturated carbocycles.